The second-order valence-electron chi connectivity index (χ2n) is 6.09. The zero-order valence-electron chi connectivity index (χ0n) is 13.7. The van der Waals surface area contributed by atoms with Crippen molar-refractivity contribution in [1.82, 2.24) is 15.0 Å². The fourth-order valence-corrected chi connectivity index (χ4v) is 3.17. The van der Waals surface area contributed by atoms with Crippen LogP contribution in [-0.4, -0.2) is 20.9 Å². The fraction of sp³-hybridized carbons (Fsp3) is 0.0500. The molecule has 0 saturated heterocycles. The van der Waals surface area contributed by atoms with Crippen LogP contribution in [0.15, 0.2) is 71.1 Å². The van der Waals surface area contributed by atoms with Gasteiger partial charge >= 0.3 is 0 Å². The van der Waals surface area contributed by atoms with Crippen molar-refractivity contribution in [2.75, 3.05) is 5.32 Å². The van der Waals surface area contributed by atoms with Gasteiger partial charge in [-0.15, -0.1) is 5.10 Å². The van der Waals surface area contributed by atoms with Crippen LogP contribution in [-0.2, 0) is 11.3 Å². The summed E-state index contributed by atoms with van der Waals surface area (Å²) < 4.78 is 7.45. The van der Waals surface area contributed by atoms with Gasteiger partial charge in [0, 0.05) is 22.5 Å². The van der Waals surface area contributed by atoms with Crippen molar-refractivity contribution in [3.63, 3.8) is 0 Å². The first-order valence-electron chi connectivity index (χ1n) is 8.27. The number of nitrogens with one attached hydrogen (secondary N) is 1. The van der Waals surface area contributed by atoms with E-state index >= 15 is 0 Å². The molecule has 0 fully saturated rings. The first-order chi connectivity index (χ1) is 12.8. The van der Waals surface area contributed by atoms with E-state index in [-0.39, 0.29) is 12.5 Å². The van der Waals surface area contributed by atoms with Gasteiger partial charge in [0.2, 0.25) is 5.91 Å². The smallest absolute Gasteiger partial charge is 0.246 e. The Kier molecular flexibility index (Phi) is 3.21. The number of nitrogens with zero attached hydrogens (tertiary/aromatic N) is 3. The normalized spacial score (nSPS) is 11.4. The molecule has 5 aromatic rings. The van der Waals surface area contributed by atoms with E-state index in [1.807, 2.05) is 66.7 Å². The molecule has 0 bridgehead atoms. The molecular weight excluding hydrogens is 328 g/mol. The standard InChI is InChI=1S/C20H14N4O2/c25-20(12-24-17-7-3-2-6-16(17)22-23-24)21-13-9-10-15-14-5-1-4-8-18(14)26-19(15)11-13/h1-11H,12H2,(H,21,25). The number of furan rings is 1. The van der Waals surface area contributed by atoms with E-state index in [4.69, 9.17) is 4.42 Å². The molecule has 0 aliphatic rings. The van der Waals surface area contributed by atoms with Gasteiger partial charge in [-0.1, -0.05) is 35.5 Å². The number of hydrogen-bond donors (Lipinski definition) is 1. The summed E-state index contributed by atoms with van der Waals surface area (Å²) in [7, 11) is 0. The van der Waals surface area contributed by atoms with Gasteiger partial charge in [0.05, 0.1) is 5.52 Å². The van der Waals surface area contributed by atoms with Gasteiger partial charge in [0.25, 0.3) is 0 Å². The molecule has 2 heterocycles. The summed E-state index contributed by atoms with van der Waals surface area (Å²) in [5, 5.41) is 13.1. The molecule has 0 saturated carbocycles. The Morgan fingerprint density at radius 1 is 0.962 bits per heavy atom. The van der Waals surface area contributed by atoms with Crippen LogP contribution >= 0.6 is 0 Å². The number of benzene rings is 3. The summed E-state index contributed by atoms with van der Waals surface area (Å²) in [5.74, 6) is -0.170. The molecule has 126 valence electrons. The molecular formula is C20H14N4O2. The second kappa shape index (κ2) is 5.70. The molecule has 6 nitrogen and oxygen atoms in total. The number of hydrogen-bond acceptors (Lipinski definition) is 4. The van der Waals surface area contributed by atoms with Gasteiger partial charge in [-0.25, -0.2) is 4.68 Å². The van der Waals surface area contributed by atoms with E-state index in [2.05, 4.69) is 15.6 Å². The highest BCUT2D eigenvalue weighted by Crippen LogP contribution is 2.30. The third-order valence-corrected chi connectivity index (χ3v) is 4.38. The van der Waals surface area contributed by atoms with Crippen LogP contribution in [0.25, 0.3) is 33.0 Å². The summed E-state index contributed by atoms with van der Waals surface area (Å²) in [6.45, 7) is 0.0959. The summed E-state index contributed by atoms with van der Waals surface area (Å²) in [4.78, 5) is 12.4. The number of carbonyl (C=O) groups excluding carboxylic acids is 1. The van der Waals surface area contributed by atoms with E-state index < -0.39 is 0 Å². The van der Waals surface area contributed by atoms with Crippen molar-refractivity contribution < 1.29 is 9.21 Å². The molecule has 0 spiro atoms. The van der Waals surface area contributed by atoms with Gasteiger partial charge in [-0.3, -0.25) is 4.79 Å². The second-order valence-corrected chi connectivity index (χ2v) is 6.09. The molecule has 0 aliphatic heterocycles. The van der Waals surface area contributed by atoms with Crippen molar-refractivity contribution in [2.24, 2.45) is 0 Å². The number of anilines is 1. The molecule has 0 atom stereocenters. The Morgan fingerprint density at radius 2 is 1.77 bits per heavy atom. The zero-order chi connectivity index (χ0) is 17.5. The highest BCUT2D eigenvalue weighted by Gasteiger charge is 2.11. The Bertz CT molecular complexity index is 1270. The molecule has 1 N–H and O–H groups in total. The lowest BCUT2D eigenvalue weighted by atomic mass is 10.1. The molecule has 2 aromatic heterocycles. The van der Waals surface area contributed by atoms with Crippen molar-refractivity contribution in [3.8, 4) is 0 Å². The minimum Gasteiger partial charge on any atom is -0.456 e. The number of amides is 1. The maximum atomic E-state index is 12.4. The van der Waals surface area contributed by atoms with Gasteiger partial charge in [0.15, 0.2) is 0 Å². The van der Waals surface area contributed by atoms with E-state index in [9.17, 15) is 4.79 Å². The SMILES string of the molecule is O=C(Cn1nnc2ccccc21)Nc1ccc2c(c1)oc1ccccc12. The third-order valence-electron chi connectivity index (χ3n) is 4.38. The maximum Gasteiger partial charge on any atom is 0.246 e. The van der Waals surface area contributed by atoms with Crippen LogP contribution in [0.5, 0.6) is 0 Å². The van der Waals surface area contributed by atoms with Gasteiger partial charge in [0.1, 0.15) is 23.2 Å². The summed E-state index contributed by atoms with van der Waals surface area (Å²) in [5.41, 5.74) is 3.86. The Hall–Kier alpha value is -3.67. The number of carbonyl (C=O) groups is 1. The molecule has 3 aromatic carbocycles. The van der Waals surface area contributed by atoms with Crippen LogP contribution in [0.2, 0.25) is 0 Å². The van der Waals surface area contributed by atoms with Crippen LogP contribution in [0.4, 0.5) is 5.69 Å². The van der Waals surface area contributed by atoms with Crippen LogP contribution < -0.4 is 5.32 Å². The number of rotatable bonds is 3. The van der Waals surface area contributed by atoms with E-state index in [1.165, 1.54) is 0 Å². The number of fused-ring (bicyclic) bond motifs is 4. The molecule has 0 aliphatic carbocycles. The van der Waals surface area contributed by atoms with Crippen molar-refractivity contribution in [3.05, 3.63) is 66.7 Å². The predicted octanol–water partition coefficient (Wildman–Crippen LogP) is 3.97. The average Bonchev–Trinajstić information content (AvgIpc) is 3.22. The highest BCUT2D eigenvalue weighted by atomic mass is 16.3. The summed E-state index contributed by atoms with van der Waals surface area (Å²) in [6.07, 6.45) is 0. The van der Waals surface area contributed by atoms with Crippen LogP contribution in [0, 0.1) is 0 Å². The lowest BCUT2D eigenvalue weighted by molar-refractivity contribution is -0.116. The minimum atomic E-state index is -0.170. The van der Waals surface area contributed by atoms with E-state index in [0.717, 1.165) is 33.0 Å². The van der Waals surface area contributed by atoms with E-state index in [0.29, 0.717) is 5.69 Å². The molecule has 26 heavy (non-hydrogen) atoms. The monoisotopic (exact) mass is 342 g/mol. The Morgan fingerprint density at radius 3 is 2.73 bits per heavy atom. The fourth-order valence-electron chi connectivity index (χ4n) is 3.17. The van der Waals surface area contributed by atoms with Gasteiger partial charge in [-0.2, -0.15) is 0 Å². The van der Waals surface area contributed by atoms with E-state index in [1.54, 1.807) is 4.68 Å². The molecule has 0 radical (unpaired) electrons. The quantitative estimate of drug-likeness (QED) is 0.538. The number of aromatic nitrogens is 3. The van der Waals surface area contributed by atoms with Crippen LogP contribution in [0.1, 0.15) is 0 Å². The largest absolute Gasteiger partial charge is 0.456 e. The van der Waals surface area contributed by atoms with Gasteiger partial charge in [-0.05, 0) is 30.3 Å². The molecule has 6 heteroatoms. The zero-order valence-corrected chi connectivity index (χ0v) is 13.7. The topological polar surface area (TPSA) is 73.0 Å². The maximum absolute atomic E-state index is 12.4. The van der Waals surface area contributed by atoms with Gasteiger partial charge < -0.3 is 9.73 Å². The molecule has 5 rings (SSSR count). The highest BCUT2D eigenvalue weighted by molar-refractivity contribution is 6.06. The lowest BCUT2D eigenvalue weighted by Crippen LogP contribution is -2.19. The first kappa shape index (κ1) is 14.7. The summed E-state index contributed by atoms with van der Waals surface area (Å²) >= 11 is 0. The van der Waals surface area contributed by atoms with Crippen LogP contribution in [0.3, 0.4) is 0 Å². The molecule has 1 amide bonds. The first-order valence-corrected chi connectivity index (χ1v) is 8.27. The third kappa shape index (κ3) is 2.39. The van der Waals surface area contributed by atoms with Crippen molar-refractivity contribution in [1.29, 1.82) is 0 Å². The Labute approximate surface area is 148 Å². The predicted molar refractivity (Wildman–Crippen MR) is 99.9 cm³/mol. The minimum absolute atomic E-state index is 0.0959. The summed E-state index contributed by atoms with van der Waals surface area (Å²) in [6, 6.07) is 21.1. The Balaban J connectivity index is 1.41. The van der Waals surface area contributed by atoms with Crippen molar-refractivity contribution >= 4 is 44.6 Å². The average molecular weight is 342 g/mol. The van der Waals surface area contributed by atoms with Crippen molar-refractivity contribution in [2.45, 2.75) is 6.54 Å². The lowest BCUT2D eigenvalue weighted by Gasteiger charge is -2.05. The number of para-hydroxylation sites is 2. The molecule has 0 unspecified atom stereocenters.